The number of halogens is 1. The van der Waals surface area contributed by atoms with E-state index in [1.807, 2.05) is 25.1 Å². The molecule has 0 saturated carbocycles. The van der Waals surface area contributed by atoms with Crippen LogP contribution in [-0.4, -0.2) is 4.98 Å². The number of rotatable bonds is 1. The zero-order chi connectivity index (χ0) is 9.97. The van der Waals surface area contributed by atoms with Crippen LogP contribution in [0.15, 0.2) is 36.5 Å². The average Bonchev–Trinajstić information content (AvgIpc) is 2.18. The van der Waals surface area contributed by atoms with Crippen molar-refractivity contribution >= 4 is 17.0 Å². The number of hydrogen-bond acceptors (Lipinski definition) is 1. The molecule has 1 heterocycles. The van der Waals surface area contributed by atoms with E-state index in [0.717, 1.165) is 10.9 Å². The lowest BCUT2D eigenvalue weighted by atomic mass is 10.1. The number of pyridine rings is 1. The van der Waals surface area contributed by atoms with Gasteiger partial charge >= 0.3 is 0 Å². The van der Waals surface area contributed by atoms with Gasteiger partial charge in [0, 0.05) is 17.6 Å². The van der Waals surface area contributed by atoms with Crippen LogP contribution in [0, 0.1) is 5.82 Å². The lowest BCUT2D eigenvalue weighted by Crippen LogP contribution is -1.83. The van der Waals surface area contributed by atoms with Crippen LogP contribution in [0.3, 0.4) is 0 Å². The van der Waals surface area contributed by atoms with Gasteiger partial charge in [0.15, 0.2) is 0 Å². The molecule has 2 aromatic rings. The van der Waals surface area contributed by atoms with Crippen LogP contribution in [0.25, 0.3) is 17.0 Å². The van der Waals surface area contributed by atoms with Crippen molar-refractivity contribution in [3.8, 4) is 0 Å². The van der Waals surface area contributed by atoms with Gasteiger partial charge in [-0.15, -0.1) is 0 Å². The van der Waals surface area contributed by atoms with Crippen LogP contribution >= 0.6 is 0 Å². The van der Waals surface area contributed by atoms with Gasteiger partial charge in [0.25, 0.3) is 0 Å². The molecular formula is C12H10FN. The standard InChI is InChI=1S/C12H10FN/c1-2-3-9-6-7-14-12-8-10(13)4-5-11(9)12/h2-8H,1H3/b3-2+. The van der Waals surface area contributed by atoms with Crippen LogP contribution in [0.5, 0.6) is 0 Å². The zero-order valence-corrected chi connectivity index (χ0v) is 7.87. The number of fused-ring (bicyclic) bond motifs is 1. The maximum absolute atomic E-state index is 12.9. The van der Waals surface area contributed by atoms with Crippen molar-refractivity contribution in [3.05, 3.63) is 47.9 Å². The molecule has 0 radical (unpaired) electrons. The summed E-state index contributed by atoms with van der Waals surface area (Å²) in [5, 5.41) is 0.979. The number of hydrogen-bond donors (Lipinski definition) is 0. The first kappa shape index (κ1) is 8.88. The van der Waals surface area contributed by atoms with Crippen LogP contribution in [-0.2, 0) is 0 Å². The van der Waals surface area contributed by atoms with E-state index < -0.39 is 0 Å². The largest absolute Gasteiger partial charge is 0.256 e. The molecule has 2 rings (SSSR count). The van der Waals surface area contributed by atoms with E-state index in [0.29, 0.717) is 5.52 Å². The third-order valence-corrected chi connectivity index (χ3v) is 2.08. The number of nitrogens with zero attached hydrogens (tertiary/aromatic N) is 1. The molecular weight excluding hydrogens is 177 g/mol. The summed E-state index contributed by atoms with van der Waals surface area (Å²) in [5.74, 6) is -0.248. The Morgan fingerprint density at radius 2 is 2.14 bits per heavy atom. The third kappa shape index (κ3) is 1.51. The Balaban J connectivity index is 2.74. The normalized spacial score (nSPS) is 11.3. The van der Waals surface area contributed by atoms with E-state index in [1.165, 1.54) is 12.1 Å². The minimum absolute atomic E-state index is 0.248. The van der Waals surface area contributed by atoms with E-state index >= 15 is 0 Å². The minimum atomic E-state index is -0.248. The monoisotopic (exact) mass is 187 g/mol. The molecule has 0 fully saturated rings. The molecule has 0 saturated heterocycles. The van der Waals surface area contributed by atoms with Crippen molar-refractivity contribution in [1.82, 2.24) is 4.98 Å². The number of allylic oxidation sites excluding steroid dienone is 1. The van der Waals surface area contributed by atoms with E-state index in [9.17, 15) is 4.39 Å². The first-order valence-corrected chi connectivity index (χ1v) is 4.48. The quantitative estimate of drug-likeness (QED) is 0.666. The first-order valence-electron chi connectivity index (χ1n) is 4.48. The van der Waals surface area contributed by atoms with Crippen molar-refractivity contribution in [3.63, 3.8) is 0 Å². The van der Waals surface area contributed by atoms with Crippen LogP contribution in [0.2, 0.25) is 0 Å². The van der Waals surface area contributed by atoms with Crippen molar-refractivity contribution in [1.29, 1.82) is 0 Å². The molecule has 0 N–H and O–H groups in total. The summed E-state index contributed by atoms with van der Waals surface area (Å²) in [6.45, 7) is 1.95. The molecule has 1 aromatic heterocycles. The van der Waals surface area contributed by atoms with E-state index in [4.69, 9.17) is 0 Å². The van der Waals surface area contributed by atoms with Crippen molar-refractivity contribution in [2.45, 2.75) is 6.92 Å². The van der Waals surface area contributed by atoms with Crippen molar-refractivity contribution in [2.24, 2.45) is 0 Å². The fraction of sp³-hybridized carbons (Fsp3) is 0.0833. The Bertz CT molecular complexity index is 489. The molecule has 70 valence electrons. The highest BCUT2D eigenvalue weighted by Crippen LogP contribution is 2.18. The maximum Gasteiger partial charge on any atom is 0.125 e. The predicted molar refractivity (Wildman–Crippen MR) is 56.4 cm³/mol. The topological polar surface area (TPSA) is 12.9 Å². The van der Waals surface area contributed by atoms with Gasteiger partial charge in [0.05, 0.1) is 5.52 Å². The Kier molecular flexibility index (Phi) is 2.27. The lowest BCUT2D eigenvalue weighted by Gasteiger charge is -2.00. The maximum atomic E-state index is 12.9. The fourth-order valence-corrected chi connectivity index (χ4v) is 1.47. The molecule has 0 aliphatic rings. The summed E-state index contributed by atoms with van der Waals surface area (Å²) < 4.78 is 12.9. The predicted octanol–water partition coefficient (Wildman–Crippen LogP) is 3.41. The molecule has 1 aromatic carbocycles. The summed E-state index contributed by atoms with van der Waals surface area (Å²) in [6.07, 6.45) is 5.64. The molecule has 0 bridgehead atoms. The van der Waals surface area contributed by atoms with Gasteiger partial charge in [-0.1, -0.05) is 12.2 Å². The smallest absolute Gasteiger partial charge is 0.125 e. The SMILES string of the molecule is C/C=C/c1ccnc2cc(F)ccc12. The van der Waals surface area contributed by atoms with Gasteiger partial charge in [0.2, 0.25) is 0 Å². The van der Waals surface area contributed by atoms with Gasteiger partial charge in [-0.3, -0.25) is 4.98 Å². The molecule has 0 amide bonds. The van der Waals surface area contributed by atoms with E-state index in [1.54, 1.807) is 12.3 Å². The summed E-state index contributed by atoms with van der Waals surface area (Å²) >= 11 is 0. The summed E-state index contributed by atoms with van der Waals surface area (Å²) in [4.78, 5) is 4.11. The van der Waals surface area contributed by atoms with Gasteiger partial charge < -0.3 is 0 Å². The molecule has 14 heavy (non-hydrogen) atoms. The number of benzene rings is 1. The Morgan fingerprint density at radius 3 is 2.93 bits per heavy atom. The Labute approximate surface area is 81.9 Å². The second-order valence-corrected chi connectivity index (χ2v) is 3.06. The fourth-order valence-electron chi connectivity index (χ4n) is 1.47. The zero-order valence-electron chi connectivity index (χ0n) is 7.87. The third-order valence-electron chi connectivity index (χ3n) is 2.08. The van der Waals surface area contributed by atoms with E-state index in [2.05, 4.69) is 4.98 Å². The van der Waals surface area contributed by atoms with Gasteiger partial charge in [-0.25, -0.2) is 4.39 Å². The molecule has 2 heteroatoms. The molecule has 0 atom stereocenters. The van der Waals surface area contributed by atoms with Gasteiger partial charge in [-0.2, -0.15) is 0 Å². The first-order chi connectivity index (χ1) is 6.81. The molecule has 0 aliphatic heterocycles. The van der Waals surface area contributed by atoms with Gasteiger partial charge in [0.1, 0.15) is 5.82 Å². The lowest BCUT2D eigenvalue weighted by molar-refractivity contribution is 0.629. The molecule has 1 nitrogen and oxygen atoms in total. The highest BCUT2D eigenvalue weighted by atomic mass is 19.1. The highest BCUT2D eigenvalue weighted by molar-refractivity contribution is 5.87. The summed E-state index contributed by atoms with van der Waals surface area (Å²) in [7, 11) is 0. The number of aromatic nitrogens is 1. The summed E-state index contributed by atoms with van der Waals surface area (Å²) in [6, 6.07) is 6.58. The van der Waals surface area contributed by atoms with Gasteiger partial charge in [-0.05, 0) is 30.7 Å². The Morgan fingerprint density at radius 1 is 1.29 bits per heavy atom. The van der Waals surface area contributed by atoms with Crippen LogP contribution in [0.4, 0.5) is 4.39 Å². The highest BCUT2D eigenvalue weighted by Gasteiger charge is 1.99. The molecule has 0 aliphatic carbocycles. The Hall–Kier alpha value is -1.70. The minimum Gasteiger partial charge on any atom is -0.256 e. The van der Waals surface area contributed by atoms with E-state index in [-0.39, 0.29) is 5.82 Å². The van der Waals surface area contributed by atoms with Crippen molar-refractivity contribution < 1.29 is 4.39 Å². The second-order valence-electron chi connectivity index (χ2n) is 3.06. The van der Waals surface area contributed by atoms with Crippen molar-refractivity contribution in [2.75, 3.05) is 0 Å². The second kappa shape index (κ2) is 3.58. The molecule has 0 unspecified atom stereocenters. The van der Waals surface area contributed by atoms with Crippen LogP contribution < -0.4 is 0 Å². The molecule has 0 spiro atoms. The summed E-state index contributed by atoms with van der Waals surface area (Å²) in [5.41, 5.74) is 1.76. The average molecular weight is 187 g/mol. The van der Waals surface area contributed by atoms with Crippen LogP contribution in [0.1, 0.15) is 12.5 Å².